The summed E-state index contributed by atoms with van der Waals surface area (Å²) < 4.78 is 19.5. The van der Waals surface area contributed by atoms with Gasteiger partial charge in [-0.25, -0.2) is 9.07 Å². The minimum Gasteiger partial charge on any atom is -0.491 e. The fourth-order valence-electron chi connectivity index (χ4n) is 2.50. The van der Waals surface area contributed by atoms with E-state index in [2.05, 4.69) is 5.10 Å². The highest BCUT2D eigenvalue weighted by Crippen LogP contribution is 2.13. The van der Waals surface area contributed by atoms with Crippen LogP contribution in [0.4, 0.5) is 4.39 Å². The highest BCUT2D eigenvalue weighted by Gasteiger charge is 2.12. The lowest BCUT2D eigenvalue weighted by Crippen LogP contribution is -2.32. The Kier molecular flexibility index (Phi) is 4.57. The summed E-state index contributed by atoms with van der Waals surface area (Å²) in [4.78, 5) is 12.4. The number of rotatable bonds is 5. The van der Waals surface area contributed by atoms with Gasteiger partial charge < -0.3 is 9.84 Å². The van der Waals surface area contributed by atoms with Gasteiger partial charge in [-0.2, -0.15) is 5.10 Å². The average molecular weight is 328 g/mol. The van der Waals surface area contributed by atoms with Gasteiger partial charge >= 0.3 is 0 Å². The van der Waals surface area contributed by atoms with Crippen molar-refractivity contribution in [1.29, 1.82) is 0 Å². The van der Waals surface area contributed by atoms with Crippen molar-refractivity contribution in [2.24, 2.45) is 0 Å². The normalized spacial score (nSPS) is 12.3. The van der Waals surface area contributed by atoms with E-state index in [0.29, 0.717) is 11.1 Å². The molecule has 0 saturated heterocycles. The molecule has 0 unspecified atom stereocenters. The van der Waals surface area contributed by atoms with Crippen LogP contribution in [0.3, 0.4) is 0 Å². The number of benzene rings is 2. The Morgan fingerprint density at radius 3 is 2.54 bits per heavy atom. The number of aryl methyl sites for hydroxylation is 1. The zero-order valence-electron chi connectivity index (χ0n) is 13.1. The van der Waals surface area contributed by atoms with Crippen LogP contribution in [0.2, 0.25) is 0 Å². The predicted molar refractivity (Wildman–Crippen MR) is 88.6 cm³/mol. The van der Waals surface area contributed by atoms with Gasteiger partial charge in [0.2, 0.25) is 0 Å². The number of halogens is 1. The minimum atomic E-state index is -0.916. The van der Waals surface area contributed by atoms with Gasteiger partial charge in [-0.05, 0) is 37.3 Å². The highest BCUT2D eigenvalue weighted by atomic mass is 19.1. The number of hydrogen-bond acceptors (Lipinski definition) is 4. The van der Waals surface area contributed by atoms with Crippen molar-refractivity contribution < 1.29 is 14.2 Å². The van der Waals surface area contributed by atoms with Gasteiger partial charge in [-0.1, -0.05) is 18.2 Å². The van der Waals surface area contributed by atoms with Gasteiger partial charge in [-0.15, -0.1) is 0 Å². The summed E-state index contributed by atoms with van der Waals surface area (Å²) in [6.07, 6.45) is -0.916. The summed E-state index contributed by atoms with van der Waals surface area (Å²) in [7, 11) is 0. The molecule has 0 saturated carbocycles. The Morgan fingerprint density at radius 2 is 1.83 bits per heavy atom. The van der Waals surface area contributed by atoms with Gasteiger partial charge in [0.1, 0.15) is 24.3 Å². The molecule has 24 heavy (non-hydrogen) atoms. The zero-order valence-corrected chi connectivity index (χ0v) is 13.1. The Balaban J connectivity index is 1.73. The number of aliphatic hydroxyl groups excluding tert-OH is 1. The first-order valence-electron chi connectivity index (χ1n) is 7.57. The maximum absolute atomic E-state index is 12.8. The molecule has 1 aromatic heterocycles. The second kappa shape index (κ2) is 6.80. The first-order chi connectivity index (χ1) is 11.5. The Hall–Kier alpha value is -2.73. The molecule has 3 aromatic rings. The summed E-state index contributed by atoms with van der Waals surface area (Å²) >= 11 is 0. The lowest BCUT2D eigenvalue weighted by atomic mass is 10.1. The van der Waals surface area contributed by atoms with Crippen molar-refractivity contribution in [1.82, 2.24) is 9.78 Å². The van der Waals surface area contributed by atoms with Crippen molar-refractivity contribution in [2.45, 2.75) is 19.6 Å². The molecule has 1 atom stereocenters. The molecule has 0 aliphatic heterocycles. The van der Waals surface area contributed by atoms with Gasteiger partial charge in [0.05, 0.1) is 17.6 Å². The van der Waals surface area contributed by atoms with E-state index in [4.69, 9.17) is 4.74 Å². The van der Waals surface area contributed by atoms with Crippen molar-refractivity contribution in [3.8, 4) is 5.75 Å². The molecule has 3 rings (SSSR count). The lowest BCUT2D eigenvalue weighted by Gasteiger charge is -2.14. The van der Waals surface area contributed by atoms with Gasteiger partial charge in [0.25, 0.3) is 5.56 Å². The van der Waals surface area contributed by atoms with Crippen molar-refractivity contribution in [3.05, 3.63) is 70.4 Å². The van der Waals surface area contributed by atoms with Gasteiger partial charge in [0, 0.05) is 5.39 Å². The number of hydrogen-bond donors (Lipinski definition) is 1. The van der Waals surface area contributed by atoms with Crippen LogP contribution < -0.4 is 10.3 Å². The summed E-state index contributed by atoms with van der Waals surface area (Å²) in [6.45, 7) is 1.82. The maximum atomic E-state index is 12.8. The van der Waals surface area contributed by atoms with Crippen molar-refractivity contribution in [3.63, 3.8) is 0 Å². The van der Waals surface area contributed by atoms with E-state index < -0.39 is 6.10 Å². The van der Waals surface area contributed by atoms with E-state index in [1.54, 1.807) is 12.1 Å². The summed E-state index contributed by atoms with van der Waals surface area (Å²) in [6, 6.07) is 12.7. The van der Waals surface area contributed by atoms with E-state index in [0.717, 1.165) is 11.1 Å². The standard InChI is InChI=1S/C18H17FN2O3/c1-12-16-4-2-3-5-17(16)18(23)21(20-12)10-14(22)11-24-15-8-6-13(19)7-9-15/h2-9,14,22H,10-11H2,1H3/t14-/m1/s1. The Bertz CT molecular complexity index is 906. The molecular weight excluding hydrogens is 311 g/mol. The van der Waals surface area contributed by atoms with E-state index in [1.165, 1.54) is 28.9 Å². The molecule has 0 aliphatic carbocycles. The van der Waals surface area contributed by atoms with Gasteiger partial charge in [0.15, 0.2) is 0 Å². The molecule has 0 aliphatic rings. The summed E-state index contributed by atoms with van der Waals surface area (Å²) in [5, 5.41) is 15.7. The number of ether oxygens (including phenoxy) is 1. The smallest absolute Gasteiger partial charge is 0.274 e. The molecule has 0 radical (unpaired) electrons. The molecular formula is C18H17FN2O3. The van der Waals surface area contributed by atoms with Crippen LogP contribution in [-0.2, 0) is 6.54 Å². The quantitative estimate of drug-likeness (QED) is 0.780. The first-order valence-corrected chi connectivity index (χ1v) is 7.57. The topological polar surface area (TPSA) is 64.3 Å². The second-order valence-corrected chi connectivity index (χ2v) is 5.54. The molecule has 0 bridgehead atoms. The van der Waals surface area contributed by atoms with Crippen LogP contribution in [0.5, 0.6) is 5.75 Å². The second-order valence-electron chi connectivity index (χ2n) is 5.54. The van der Waals surface area contributed by atoms with Crippen LogP contribution in [-0.4, -0.2) is 27.6 Å². The Labute approximate surface area is 137 Å². The SMILES string of the molecule is Cc1nn(C[C@@H](O)COc2ccc(F)cc2)c(=O)c2ccccc12. The predicted octanol–water partition coefficient (Wildman–Crippen LogP) is 2.28. The molecule has 0 spiro atoms. The van der Waals surface area contributed by atoms with Crippen LogP contribution >= 0.6 is 0 Å². The fraction of sp³-hybridized carbons (Fsp3) is 0.222. The van der Waals surface area contributed by atoms with Gasteiger partial charge in [-0.3, -0.25) is 4.79 Å². The number of aliphatic hydroxyl groups is 1. The molecule has 1 N–H and O–H groups in total. The first kappa shape index (κ1) is 16.1. The largest absolute Gasteiger partial charge is 0.491 e. The number of nitrogens with zero attached hydrogens (tertiary/aromatic N) is 2. The third-order valence-corrected chi connectivity index (χ3v) is 3.69. The van der Waals surface area contributed by atoms with Crippen LogP contribution in [0, 0.1) is 12.7 Å². The van der Waals surface area contributed by atoms with E-state index in [9.17, 15) is 14.3 Å². The molecule has 2 aromatic carbocycles. The average Bonchev–Trinajstić information content (AvgIpc) is 2.59. The van der Waals surface area contributed by atoms with Crippen LogP contribution in [0.15, 0.2) is 53.3 Å². The molecule has 6 heteroatoms. The Morgan fingerprint density at radius 1 is 1.17 bits per heavy atom. The third-order valence-electron chi connectivity index (χ3n) is 3.69. The maximum Gasteiger partial charge on any atom is 0.274 e. The number of aromatic nitrogens is 2. The minimum absolute atomic E-state index is 0.0195. The monoisotopic (exact) mass is 328 g/mol. The molecule has 5 nitrogen and oxygen atoms in total. The van der Waals surface area contributed by atoms with E-state index in [1.807, 2.05) is 19.1 Å². The van der Waals surface area contributed by atoms with Crippen LogP contribution in [0.1, 0.15) is 5.69 Å². The van der Waals surface area contributed by atoms with E-state index >= 15 is 0 Å². The molecule has 1 heterocycles. The fourth-order valence-corrected chi connectivity index (χ4v) is 2.50. The van der Waals surface area contributed by atoms with Crippen molar-refractivity contribution >= 4 is 10.8 Å². The third kappa shape index (κ3) is 3.44. The van der Waals surface area contributed by atoms with Crippen LogP contribution in [0.25, 0.3) is 10.8 Å². The highest BCUT2D eigenvalue weighted by molar-refractivity contribution is 5.83. The zero-order chi connectivity index (χ0) is 17.1. The molecule has 124 valence electrons. The molecule has 0 fully saturated rings. The molecule has 0 amide bonds. The summed E-state index contributed by atoms with van der Waals surface area (Å²) in [5.41, 5.74) is 0.467. The van der Waals surface area contributed by atoms with Crippen molar-refractivity contribution in [2.75, 3.05) is 6.61 Å². The lowest BCUT2D eigenvalue weighted by molar-refractivity contribution is 0.0880. The van der Waals surface area contributed by atoms with E-state index in [-0.39, 0.29) is 24.5 Å². The number of fused-ring (bicyclic) bond motifs is 1. The summed E-state index contributed by atoms with van der Waals surface area (Å²) in [5.74, 6) is 0.0933.